The Balaban J connectivity index is 1.77. The van der Waals surface area contributed by atoms with Crippen molar-refractivity contribution >= 4 is 50.9 Å². The quantitative estimate of drug-likeness (QED) is 0.668. The third-order valence-electron chi connectivity index (χ3n) is 4.76. The minimum Gasteiger partial charge on any atom is -0.450 e. The van der Waals surface area contributed by atoms with Crippen molar-refractivity contribution in [3.8, 4) is 0 Å². The number of amides is 2. The molecule has 12 heteroatoms. The molecule has 0 aliphatic carbocycles. The maximum atomic E-state index is 14.3. The summed E-state index contributed by atoms with van der Waals surface area (Å²) in [4.78, 5) is 25.6. The molecule has 0 spiro atoms. The van der Waals surface area contributed by atoms with Gasteiger partial charge >= 0.3 is 6.09 Å². The van der Waals surface area contributed by atoms with Gasteiger partial charge in [0.15, 0.2) is 0 Å². The lowest BCUT2D eigenvalue weighted by Gasteiger charge is -2.33. The Kier molecular flexibility index (Phi) is 7.60. The van der Waals surface area contributed by atoms with Crippen LogP contribution in [0.2, 0.25) is 10.0 Å². The van der Waals surface area contributed by atoms with E-state index < -0.39 is 33.4 Å². The number of rotatable bonds is 5. The van der Waals surface area contributed by atoms with E-state index in [4.69, 9.17) is 27.9 Å². The van der Waals surface area contributed by atoms with Gasteiger partial charge in [0.05, 0.1) is 27.1 Å². The Morgan fingerprint density at radius 1 is 1.06 bits per heavy atom. The van der Waals surface area contributed by atoms with Crippen molar-refractivity contribution in [1.29, 1.82) is 0 Å². The van der Waals surface area contributed by atoms with Crippen molar-refractivity contribution in [1.82, 2.24) is 9.21 Å². The maximum absolute atomic E-state index is 14.3. The van der Waals surface area contributed by atoms with Crippen LogP contribution in [0, 0.1) is 5.82 Å². The number of piperazine rings is 1. The van der Waals surface area contributed by atoms with Gasteiger partial charge in [-0.1, -0.05) is 23.2 Å². The monoisotopic (exact) mass is 503 g/mol. The van der Waals surface area contributed by atoms with Crippen LogP contribution >= 0.6 is 23.2 Å². The zero-order chi connectivity index (χ0) is 23.5. The smallest absolute Gasteiger partial charge is 0.409 e. The van der Waals surface area contributed by atoms with E-state index in [1.54, 1.807) is 6.92 Å². The first kappa shape index (κ1) is 24.2. The van der Waals surface area contributed by atoms with Gasteiger partial charge in [-0.05, 0) is 43.3 Å². The summed E-state index contributed by atoms with van der Waals surface area (Å²) in [7, 11) is -4.01. The van der Waals surface area contributed by atoms with Crippen molar-refractivity contribution in [2.75, 3.05) is 38.1 Å². The first-order valence-electron chi connectivity index (χ1n) is 9.61. The second-order valence-electron chi connectivity index (χ2n) is 6.81. The molecule has 0 bridgehead atoms. The molecule has 1 fully saturated rings. The molecule has 0 radical (unpaired) electrons. The number of carbonyl (C=O) groups excluding carboxylic acids is 2. The van der Waals surface area contributed by atoms with E-state index in [-0.39, 0.29) is 53.4 Å². The third-order valence-corrected chi connectivity index (χ3v) is 7.40. The van der Waals surface area contributed by atoms with Crippen molar-refractivity contribution in [2.24, 2.45) is 0 Å². The molecule has 1 N–H and O–H groups in total. The first-order valence-corrected chi connectivity index (χ1v) is 11.8. The molecule has 1 saturated heterocycles. The average molecular weight is 504 g/mol. The van der Waals surface area contributed by atoms with Crippen molar-refractivity contribution in [3.05, 3.63) is 57.8 Å². The van der Waals surface area contributed by atoms with E-state index in [1.807, 2.05) is 0 Å². The molecule has 1 heterocycles. The minimum atomic E-state index is -4.01. The van der Waals surface area contributed by atoms with Crippen LogP contribution < -0.4 is 5.32 Å². The Hall–Kier alpha value is -2.40. The molecule has 0 aromatic heterocycles. The van der Waals surface area contributed by atoms with E-state index >= 15 is 0 Å². The highest BCUT2D eigenvalue weighted by atomic mass is 35.5. The highest BCUT2D eigenvalue weighted by molar-refractivity contribution is 7.89. The fraction of sp³-hybridized carbons (Fsp3) is 0.300. The number of nitrogens with zero attached hydrogens (tertiary/aromatic N) is 2. The number of ether oxygens (including phenoxy) is 1. The Bertz CT molecular complexity index is 1140. The zero-order valence-electron chi connectivity index (χ0n) is 17.0. The summed E-state index contributed by atoms with van der Waals surface area (Å²) in [6.45, 7) is 2.31. The van der Waals surface area contributed by atoms with Gasteiger partial charge in [-0.25, -0.2) is 17.6 Å². The molecular formula is C20H20Cl2FN3O5S. The summed E-state index contributed by atoms with van der Waals surface area (Å²) in [6, 6.07) is 7.34. The molecule has 0 unspecified atom stereocenters. The van der Waals surface area contributed by atoms with Gasteiger partial charge in [0.1, 0.15) is 5.82 Å². The molecule has 0 saturated carbocycles. The molecule has 2 aromatic rings. The summed E-state index contributed by atoms with van der Waals surface area (Å²) in [5.74, 6) is -1.72. The number of carbonyl (C=O) groups is 2. The van der Waals surface area contributed by atoms with Gasteiger partial charge in [-0.3, -0.25) is 4.79 Å². The van der Waals surface area contributed by atoms with Gasteiger partial charge in [0, 0.05) is 31.9 Å². The van der Waals surface area contributed by atoms with Gasteiger partial charge in [-0.15, -0.1) is 0 Å². The van der Waals surface area contributed by atoms with Gasteiger partial charge in [-0.2, -0.15) is 4.31 Å². The largest absolute Gasteiger partial charge is 0.450 e. The lowest BCUT2D eigenvalue weighted by molar-refractivity contribution is 0.0933. The van der Waals surface area contributed by atoms with Crippen molar-refractivity contribution < 1.29 is 27.1 Å². The van der Waals surface area contributed by atoms with Crippen LogP contribution in [0.15, 0.2) is 41.3 Å². The summed E-state index contributed by atoms with van der Waals surface area (Å²) >= 11 is 11.8. The summed E-state index contributed by atoms with van der Waals surface area (Å²) < 4.78 is 46.5. The van der Waals surface area contributed by atoms with Crippen LogP contribution in [-0.2, 0) is 14.8 Å². The molecule has 2 amide bonds. The normalized spacial score (nSPS) is 14.8. The number of sulfonamides is 1. The molecular weight excluding hydrogens is 484 g/mol. The Labute approximate surface area is 194 Å². The number of halogens is 3. The fourth-order valence-corrected chi connectivity index (χ4v) is 4.83. The van der Waals surface area contributed by atoms with Crippen LogP contribution in [0.25, 0.3) is 0 Å². The van der Waals surface area contributed by atoms with Crippen LogP contribution in [-0.4, -0.2) is 62.4 Å². The van der Waals surface area contributed by atoms with Crippen LogP contribution in [0.5, 0.6) is 0 Å². The van der Waals surface area contributed by atoms with Crippen LogP contribution in [0.1, 0.15) is 17.3 Å². The summed E-state index contributed by atoms with van der Waals surface area (Å²) in [5, 5.41) is 2.95. The number of hydrogen-bond donors (Lipinski definition) is 1. The zero-order valence-corrected chi connectivity index (χ0v) is 19.3. The molecule has 0 atom stereocenters. The predicted octanol–water partition coefficient (Wildman–Crippen LogP) is 3.85. The van der Waals surface area contributed by atoms with Gasteiger partial charge in [0.25, 0.3) is 5.91 Å². The maximum Gasteiger partial charge on any atom is 0.409 e. The minimum absolute atomic E-state index is 0.0450. The third kappa shape index (κ3) is 5.32. The number of benzene rings is 2. The van der Waals surface area contributed by atoms with Crippen LogP contribution in [0.4, 0.5) is 14.9 Å². The van der Waals surface area contributed by atoms with Crippen molar-refractivity contribution in [3.63, 3.8) is 0 Å². The first-order chi connectivity index (χ1) is 15.1. The van der Waals surface area contributed by atoms with E-state index in [0.717, 1.165) is 18.2 Å². The lowest BCUT2D eigenvalue weighted by Crippen LogP contribution is -2.50. The Morgan fingerprint density at radius 2 is 1.75 bits per heavy atom. The topological polar surface area (TPSA) is 96.0 Å². The second kappa shape index (κ2) is 10.0. The molecule has 172 valence electrons. The SMILES string of the molecule is CCOC(=O)N1CCN(S(=O)(=O)c2ccc(F)c(C(=O)Nc3ccc(Cl)c(Cl)c3)c2)CC1. The molecule has 1 aliphatic heterocycles. The summed E-state index contributed by atoms with van der Waals surface area (Å²) in [6.07, 6.45) is -0.507. The molecule has 1 aliphatic rings. The number of nitrogens with one attached hydrogen (secondary N) is 1. The van der Waals surface area contributed by atoms with Gasteiger partial charge in [0.2, 0.25) is 10.0 Å². The Morgan fingerprint density at radius 3 is 2.38 bits per heavy atom. The fourth-order valence-electron chi connectivity index (χ4n) is 3.09. The van der Waals surface area contributed by atoms with E-state index in [2.05, 4.69) is 5.32 Å². The summed E-state index contributed by atoms with van der Waals surface area (Å²) in [5.41, 5.74) is -0.172. The van der Waals surface area contributed by atoms with Crippen LogP contribution in [0.3, 0.4) is 0 Å². The number of anilines is 1. The molecule has 32 heavy (non-hydrogen) atoms. The molecule has 2 aromatic carbocycles. The average Bonchev–Trinajstić information content (AvgIpc) is 2.76. The highest BCUT2D eigenvalue weighted by Crippen LogP contribution is 2.26. The van der Waals surface area contributed by atoms with E-state index in [0.29, 0.717) is 0 Å². The highest BCUT2D eigenvalue weighted by Gasteiger charge is 2.31. The molecule has 3 rings (SSSR count). The second-order valence-corrected chi connectivity index (χ2v) is 9.57. The predicted molar refractivity (Wildman–Crippen MR) is 118 cm³/mol. The van der Waals surface area contributed by atoms with Gasteiger partial charge < -0.3 is 15.0 Å². The van der Waals surface area contributed by atoms with E-state index in [9.17, 15) is 22.4 Å². The number of hydrogen-bond acceptors (Lipinski definition) is 5. The molecule has 8 nitrogen and oxygen atoms in total. The lowest BCUT2D eigenvalue weighted by atomic mass is 10.2. The van der Waals surface area contributed by atoms with E-state index in [1.165, 1.54) is 27.4 Å². The van der Waals surface area contributed by atoms with Crippen molar-refractivity contribution in [2.45, 2.75) is 11.8 Å². The standard InChI is InChI=1S/C20H20Cl2FN3O5S/c1-2-31-20(28)25-7-9-26(10-8-25)32(29,30)14-4-6-18(23)15(12-14)19(27)24-13-3-5-16(21)17(22)11-13/h3-6,11-12H,2,7-10H2,1H3,(H,24,27).